The molecule has 0 aliphatic heterocycles. The van der Waals surface area contributed by atoms with Gasteiger partial charge in [-0.2, -0.15) is 8.42 Å². The first-order valence-corrected chi connectivity index (χ1v) is 6.20. The molecule has 0 fully saturated rings. The molecule has 18 heavy (non-hydrogen) atoms. The number of hydrogen-bond acceptors (Lipinski definition) is 5. The van der Waals surface area contributed by atoms with E-state index in [1.165, 1.54) is 0 Å². The van der Waals surface area contributed by atoms with Crippen molar-refractivity contribution in [1.82, 2.24) is 0 Å². The normalized spacial score (nSPS) is 11.2. The highest BCUT2D eigenvalue weighted by Gasteiger charge is 2.25. The van der Waals surface area contributed by atoms with Gasteiger partial charge in [-0.15, -0.1) is 0 Å². The van der Waals surface area contributed by atoms with Crippen LogP contribution >= 0.6 is 0 Å². The smallest absolute Gasteiger partial charge is 0.381 e. The molecule has 0 atom stereocenters. The topological polar surface area (TPSA) is 69.7 Å². The molecule has 0 saturated heterocycles. The van der Waals surface area contributed by atoms with Crippen molar-refractivity contribution in [3.05, 3.63) is 28.8 Å². The molecule has 1 aromatic rings. The lowest BCUT2D eigenvalue weighted by atomic mass is 10.1. The van der Waals surface area contributed by atoms with E-state index in [0.29, 0.717) is 6.26 Å². The van der Waals surface area contributed by atoms with Gasteiger partial charge in [0, 0.05) is 10.1 Å². The molecule has 0 bridgehead atoms. The molecule has 0 aromatic heterocycles. The van der Waals surface area contributed by atoms with Crippen LogP contribution in [0.4, 0.5) is 13.3 Å². The fourth-order valence-electron chi connectivity index (χ4n) is 1.19. The second-order valence-electron chi connectivity index (χ2n) is 3.33. The Kier molecular flexibility index (Phi) is 3.85. The highest BCUT2D eigenvalue weighted by molar-refractivity contribution is 7.86. The lowest BCUT2D eigenvalue weighted by Gasteiger charge is -2.11. The van der Waals surface area contributed by atoms with Crippen LogP contribution in [0.1, 0.15) is 15.9 Å². The standard InChI is InChI=1S/C9H7F3O5S/c1-4-7(11)6(10)3-5(9(13)16-12)8(4)17-18(2,14)15/h3H,1-2H3. The Labute approximate surface area is 100 Å². The van der Waals surface area contributed by atoms with Crippen LogP contribution in [-0.2, 0) is 15.1 Å². The average Bonchev–Trinajstić information content (AvgIpc) is 2.27. The summed E-state index contributed by atoms with van der Waals surface area (Å²) in [4.78, 5) is 13.8. The van der Waals surface area contributed by atoms with E-state index in [1.807, 2.05) is 0 Å². The van der Waals surface area contributed by atoms with Crippen molar-refractivity contribution >= 4 is 16.1 Å². The van der Waals surface area contributed by atoms with E-state index >= 15 is 0 Å². The zero-order chi connectivity index (χ0) is 14.1. The number of rotatable bonds is 3. The molecule has 0 radical (unpaired) electrons. The van der Waals surface area contributed by atoms with Crippen molar-refractivity contribution in [2.24, 2.45) is 0 Å². The minimum atomic E-state index is -4.11. The molecule has 0 unspecified atom stereocenters. The maximum Gasteiger partial charge on any atom is 0.383 e. The van der Waals surface area contributed by atoms with Gasteiger partial charge in [-0.05, 0) is 13.0 Å². The highest BCUT2D eigenvalue weighted by atomic mass is 32.2. The number of benzene rings is 1. The fraction of sp³-hybridized carbons (Fsp3) is 0.222. The molecule has 0 aliphatic carbocycles. The van der Waals surface area contributed by atoms with Crippen molar-refractivity contribution in [3.8, 4) is 5.75 Å². The van der Waals surface area contributed by atoms with E-state index in [0.717, 1.165) is 6.92 Å². The van der Waals surface area contributed by atoms with Crippen LogP contribution in [0.3, 0.4) is 0 Å². The summed E-state index contributed by atoms with van der Waals surface area (Å²) in [7, 11) is -4.11. The van der Waals surface area contributed by atoms with Gasteiger partial charge < -0.3 is 4.18 Å². The monoisotopic (exact) mass is 284 g/mol. The van der Waals surface area contributed by atoms with Crippen molar-refractivity contribution in [2.75, 3.05) is 6.26 Å². The summed E-state index contributed by atoms with van der Waals surface area (Å²) in [6.45, 7) is 0.966. The second-order valence-corrected chi connectivity index (χ2v) is 4.90. The van der Waals surface area contributed by atoms with E-state index in [2.05, 4.69) is 9.12 Å². The van der Waals surface area contributed by atoms with Crippen LogP contribution in [0, 0.1) is 18.6 Å². The zero-order valence-electron chi connectivity index (χ0n) is 9.16. The van der Waals surface area contributed by atoms with Gasteiger partial charge in [0.1, 0.15) is 5.56 Å². The van der Waals surface area contributed by atoms with Crippen LogP contribution in [-0.4, -0.2) is 20.6 Å². The van der Waals surface area contributed by atoms with E-state index in [9.17, 15) is 26.5 Å². The summed E-state index contributed by atoms with van der Waals surface area (Å²) in [5.41, 5.74) is -1.47. The third-order valence-corrected chi connectivity index (χ3v) is 2.39. The quantitative estimate of drug-likeness (QED) is 0.789. The summed E-state index contributed by atoms with van der Waals surface area (Å²) >= 11 is 0. The SMILES string of the molecule is Cc1c(F)c(F)cc(C(=O)OF)c1OS(C)(=O)=O. The summed E-state index contributed by atoms with van der Waals surface area (Å²) < 4.78 is 64.2. The fourth-order valence-corrected chi connectivity index (χ4v) is 1.71. The minimum absolute atomic E-state index is 0.282. The van der Waals surface area contributed by atoms with Crippen LogP contribution < -0.4 is 4.18 Å². The Bertz CT molecular complexity index is 597. The van der Waals surface area contributed by atoms with Gasteiger partial charge in [-0.25, -0.2) is 18.5 Å². The summed E-state index contributed by atoms with van der Waals surface area (Å²) in [5, 5.41) is 0. The molecular formula is C9H7F3O5S. The molecule has 0 heterocycles. The third-order valence-electron chi connectivity index (χ3n) is 1.92. The summed E-state index contributed by atoms with van der Waals surface area (Å²) in [5.74, 6) is -5.40. The van der Waals surface area contributed by atoms with Crippen LogP contribution in [0.5, 0.6) is 5.75 Å². The predicted molar refractivity (Wildman–Crippen MR) is 53.1 cm³/mol. The molecule has 0 aliphatic rings. The van der Waals surface area contributed by atoms with Crippen LogP contribution in [0.2, 0.25) is 0 Å². The number of carbonyl (C=O) groups excluding carboxylic acids is 1. The first-order chi connectivity index (χ1) is 8.17. The van der Waals surface area contributed by atoms with Gasteiger partial charge >= 0.3 is 16.1 Å². The lowest BCUT2D eigenvalue weighted by molar-refractivity contribution is -0.0789. The lowest BCUT2D eigenvalue weighted by Crippen LogP contribution is -2.13. The van der Waals surface area contributed by atoms with Gasteiger partial charge in [-0.1, -0.05) is 0 Å². The Morgan fingerprint density at radius 3 is 2.33 bits per heavy atom. The van der Waals surface area contributed by atoms with Gasteiger partial charge in [-0.3, -0.25) is 0 Å². The van der Waals surface area contributed by atoms with Crippen molar-refractivity contribution in [1.29, 1.82) is 0 Å². The maximum atomic E-state index is 13.2. The first-order valence-electron chi connectivity index (χ1n) is 4.38. The van der Waals surface area contributed by atoms with Gasteiger partial charge in [0.25, 0.3) is 0 Å². The van der Waals surface area contributed by atoms with Crippen LogP contribution in [0.15, 0.2) is 6.07 Å². The number of halogens is 3. The van der Waals surface area contributed by atoms with E-state index in [-0.39, 0.29) is 6.07 Å². The Morgan fingerprint density at radius 2 is 1.89 bits per heavy atom. The third kappa shape index (κ3) is 2.92. The predicted octanol–water partition coefficient (Wildman–Crippen LogP) is 1.65. The highest BCUT2D eigenvalue weighted by Crippen LogP contribution is 2.29. The summed E-state index contributed by atoms with van der Waals surface area (Å²) in [6, 6.07) is 0.282. The molecule has 1 rings (SSSR count). The minimum Gasteiger partial charge on any atom is -0.381 e. The molecule has 0 saturated carbocycles. The molecular weight excluding hydrogens is 277 g/mol. The largest absolute Gasteiger partial charge is 0.383 e. The molecule has 9 heteroatoms. The Balaban J connectivity index is 3.54. The van der Waals surface area contributed by atoms with E-state index < -0.39 is 44.6 Å². The Morgan fingerprint density at radius 1 is 1.33 bits per heavy atom. The molecule has 0 spiro atoms. The average molecular weight is 284 g/mol. The molecule has 100 valence electrons. The maximum absolute atomic E-state index is 13.2. The van der Waals surface area contributed by atoms with Crippen LogP contribution in [0.25, 0.3) is 0 Å². The molecule has 5 nitrogen and oxygen atoms in total. The number of hydrogen-bond donors (Lipinski definition) is 0. The summed E-state index contributed by atoms with van der Waals surface area (Å²) in [6.07, 6.45) is 0.623. The zero-order valence-corrected chi connectivity index (χ0v) is 9.98. The molecule has 0 N–H and O–H groups in total. The second kappa shape index (κ2) is 4.84. The van der Waals surface area contributed by atoms with Crippen molar-refractivity contribution < 1.29 is 35.6 Å². The molecule has 1 aromatic carbocycles. The van der Waals surface area contributed by atoms with Gasteiger partial charge in [0.2, 0.25) is 0 Å². The van der Waals surface area contributed by atoms with E-state index in [4.69, 9.17) is 0 Å². The van der Waals surface area contributed by atoms with Crippen molar-refractivity contribution in [2.45, 2.75) is 6.92 Å². The first kappa shape index (κ1) is 14.3. The van der Waals surface area contributed by atoms with Gasteiger partial charge in [0.05, 0.1) is 6.26 Å². The van der Waals surface area contributed by atoms with E-state index in [1.54, 1.807) is 0 Å². The number of carbonyl (C=O) groups is 1. The Hall–Kier alpha value is -1.77. The molecule has 0 amide bonds. The van der Waals surface area contributed by atoms with Gasteiger partial charge in [0.15, 0.2) is 17.4 Å². The van der Waals surface area contributed by atoms with Crippen molar-refractivity contribution in [3.63, 3.8) is 0 Å².